The normalized spacial score (nSPS) is 18.8. The van der Waals surface area contributed by atoms with Crippen LogP contribution in [-0.4, -0.2) is 10.8 Å². The summed E-state index contributed by atoms with van der Waals surface area (Å²) in [6, 6.07) is 14.1. The first-order valence-electron chi connectivity index (χ1n) is 5.85. The topological polar surface area (TPSA) is 30.0 Å². The molecule has 0 spiro atoms. The minimum absolute atomic E-state index is 0.133. The molecule has 2 aromatic rings. The molecule has 1 aliphatic carbocycles. The van der Waals surface area contributed by atoms with Crippen molar-refractivity contribution >= 4 is 5.78 Å². The molecule has 3 rings (SSSR count). The summed E-state index contributed by atoms with van der Waals surface area (Å²) in [6.45, 7) is 0. The molecule has 0 radical (unpaired) electrons. The van der Waals surface area contributed by atoms with E-state index in [0.717, 1.165) is 11.3 Å². The van der Waals surface area contributed by atoms with E-state index in [9.17, 15) is 4.79 Å². The van der Waals surface area contributed by atoms with Crippen LogP contribution in [0.2, 0.25) is 0 Å². The summed E-state index contributed by atoms with van der Waals surface area (Å²) < 4.78 is 0. The number of hydrogen-bond acceptors (Lipinski definition) is 2. The van der Waals surface area contributed by atoms with Gasteiger partial charge in [0, 0.05) is 30.7 Å². The number of benzene rings is 1. The minimum Gasteiger partial charge on any atom is -0.299 e. The highest BCUT2D eigenvalue weighted by Gasteiger charge is 2.26. The third-order valence-corrected chi connectivity index (χ3v) is 3.29. The standard InChI is InChI=1S/C15H13NO/c17-12-9-11-5-1-2-6-13(11)14(10-12)15-7-3-4-8-16-15/h1-8,14H,9-10H2. The lowest BCUT2D eigenvalue weighted by Crippen LogP contribution is -2.19. The van der Waals surface area contributed by atoms with Gasteiger partial charge >= 0.3 is 0 Å². The van der Waals surface area contributed by atoms with E-state index in [1.54, 1.807) is 6.20 Å². The maximum absolute atomic E-state index is 11.8. The van der Waals surface area contributed by atoms with E-state index in [-0.39, 0.29) is 5.92 Å². The zero-order valence-corrected chi connectivity index (χ0v) is 9.47. The van der Waals surface area contributed by atoms with Crippen molar-refractivity contribution in [2.45, 2.75) is 18.8 Å². The molecule has 1 aliphatic rings. The Morgan fingerprint density at radius 1 is 1.06 bits per heavy atom. The van der Waals surface area contributed by atoms with E-state index >= 15 is 0 Å². The second-order valence-corrected chi connectivity index (χ2v) is 4.43. The average Bonchev–Trinajstić information content (AvgIpc) is 2.39. The predicted molar refractivity (Wildman–Crippen MR) is 65.9 cm³/mol. The van der Waals surface area contributed by atoms with E-state index in [1.165, 1.54) is 5.56 Å². The van der Waals surface area contributed by atoms with Crippen molar-refractivity contribution < 1.29 is 4.79 Å². The average molecular weight is 223 g/mol. The number of rotatable bonds is 1. The molecule has 2 nitrogen and oxygen atoms in total. The highest BCUT2D eigenvalue weighted by Crippen LogP contribution is 2.33. The molecule has 0 saturated carbocycles. The van der Waals surface area contributed by atoms with Crippen molar-refractivity contribution in [3.8, 4) is 0 Å². The van der Waals surface area contributed by atoms with Gasteiger partial charge < -0.3 is 0 Å². The number of nitrogens with zero attached hydrogens (tertiary/aromatic N) is 1. The van der Waals surface area contributed by atoms with Gasteiger partial charge in [-0.3, -0.25) is 9.78 Å². The number of fused-ring (bicyclic) bond motifs is 1. The molecule has 1 heterocycles. The first-order chi connectivity index (χ1) is 8.34. The molecule has 0 N–H and O–H groups in total. The molecule has 2 heteroatoms. The summed E-state index contributed by atoms with van der Waals surface area (Å²) in [5, 5.41) is 0. The smallest absolute Gasteiger partial charge is 0.138 e. The van der Waals surface area contributed by atoms with Crippen molar-refractivity contribution in [2.75, 3.05) is 0 Å². The number of carbonyl (C=O) groups excluding carboxylic acids is 1. The Labute approximate surface area is 100 Å². The van der Waals surface area contributed by atoms with Crippen LogP contribution in [0.15, 0.2) is 48.7 Å². The minimum atomic E-state index is 0.133. The highest BCUT2D eigenvalue weighted by atomic mass is 16.1. The fourth-order valence-electron chi connectivity index (χ4n) is 2.50. The Morgan fingerprint density at radius 3 is 2.71 bits per heavy atom. The van der Waals surface area contributed by atoms with Crippen LogP contribution in [0, 0.1) is 0 Å². The molecule has 0 fully saturated rings. The molecule has 1 atom stereocenters. The third kappa shape index (κ3) is 1.86. The van der Waals surface area contributed by atoms with E-state index < -0.39 is 0 Å². The molecule has 1 aromatic carbocycles. The van der Waals surface area contributed by atoms with Crippen LogP contribution < -0.4 is 0 Å². The van der Waals surface area contributed by atoms with E-state index in [2.05, 4.69) is 11.1 Å². The highest BCUT2D eigenvalue weighted by molar-refractivity contribution is 5.84. The monoisotopic (exact) mass is 223 g/mol. The molecular weight excluding hydrogens is 210 g/mol. The van der Waals surface area contributed by atoms with Crippen LogP contribution >= 0.6 is 0 Å². The molecule has 1 aromatic heterocycles. The molecule has 17 heavy (non-hydrogen) atoms. The van der Waals surface area contributed by atoms with Crippen LogP contribution in [0.5, 0.6) is 0 Å². The summed E-state index contributed by atoms with van der Waals surface area (Å²) in [7, 11) is 0. The van der Waals surface area contributed by atoms with Crippen molar-refractivity contribution in [1.82, 2.24) is 4.98 Å². The van der Waals surface area contributed by atoms with Gasteiger partial charge in [-0.15, -0.1) is 0 Å². The van der Waals surface area contributed by atoms with E-state index in [4.69, 9.17) is 0 Å². The Hall–Kier alpha value is -1.96. The molecule has 0 bridgehead atoms. The second-order valence-electron chi connectivity index (χ2n) is 4.43. The fourth-order valence-corrected chi connectivity index (χ4v) is 2.50. The maximum atomic E-state index is 11.8. The van der Waals surface area contributed by atoms with Crippen molar-refractivity contribution in [1.29, 1.82) is 0 Å². The molecular formula is C15H13NO. The van der Waals surface area contributed by atoms with Gasteiger partial charge in [0.15, 0.2) is 0 Å². The Kier molecular flexibility index (Phi) is 2.48. The summed E-state index contributed by atoms with van der Waals surface area (Å²) in [4.78, 5) is 16.2. The van der Waals surface area contributed by atoms with Gasteiger partial charge in [-0.05, 0) is 23.3 Å². The molecule has 0 aliphatic heterocycles. The first-order valence-corrected chi connectivity index (χ1v) is 5.85. The molecule has 84 valence electrons. The van der Waals surface area contributed by atoms with E-state index in [1.807, 2.05) is 36.4 Å². The van der Waals surface area contributed by atoms with Crippen LogP contribution in [0.4, 0.5) is 0 Å². The number of hydrogen-bond donors (Lipinski definition) is 0. The van der Waals surface area contributed by atoms with Gasteiger partial charge in [0.2, 0.25) is 0 Å². The summed E-state index contributed by atoms with van der Waals surface area (Å²) in [6.07, 6.45) is 2.94. The largest absolute Gasteiger partial charge is 0.299 e. The van der Waals surface area contributed by atoms with Crippen molar-refractivity contribution in [2.24, 2.45) is 0 Å². The van der Waals surface area contributed by atoms with Crippen LogP contribution in [0.1, 0.15) is 29.2 Å². The van der Waals surface area contributed by atoms with Crippen LogP contribution in [-0.2, 0) is 11.2 Å². The van der Waals surface area contributed by atoms with Crippen molar-refractivity contribution in [3.05, 3.63) is 65.5 Å². The van der Waals surface area contributed by atoms with Gasteiger partial charge in [-0.2, -0.15) is 0 Å². The number of pyridine rings is 1. The van der Waals surface area contributed by atoms with Crippen molar-refractivity contribution in [3.63, 3.8) is 0 Å². The van der Waals surface area contributed by atoms with Gasteiger partial charge in [-0.25, -0.2) is 0 Å². The zero-order valence-electron chi connectivity index (χ0n) is 9.47. The summed E-state index contributed by atoms with van der Waals surface area (Å²) >= 11 is 0. The van der Waals surface area contributed by atoms with Crippen LogP contribution in [0.3, 0.4) is 0 Å². The lowest BCUT2D eigenvalue weighted by atomic mass is 9.80. The molecule has 0 amide bonds. The quantitative estimate of drug-likeness (QED) is 0.744. The van der Waals surface area contributed by atoms with Gasteiger partial charge in [0.1, 0.15) is 5.78 Å². The summed E-state index contributed by atoms with van der Waals surface area (Å²) in [5.74, 6) is 0.438. The van der Waals surface area contributed by atoms with Crippen LogP contribution in [0.25, 0.3) is 0 Å². The maximum Gasteiger partial charge on any atom is 0.138 e. The number of ketones is 1. The SMILES string of the molecule is O=C1Cc2ccccc2C(c2ccccn2)C1. The van der Waals surface area contributed by atoms with Gasteiger partial charge in [0.25, 0.3) is 0 Å². The number of aromatic nitrogens is 1. The van der Waals surface area contributed by atoms with E-state index in [0.29, 0.717) is 18.6 Å². The lowest BCUT2D eigenvalue weighted by molar-refractivity contribution is -0.119. The zero-order chi connectivity index (χ0) is 11.7. The Morgan fingerprint density at radius 2 is 1.88 bits per heavy atom. The molecule has 0 saturated heterocycles. The predicted octanol–water partition coefficient (Wildman–Crippen LogP) is 2.73. The Balaban J connectivity index is 2.10. The Bertz CT molecular complexity index is 548. The second kappa shape index (κ2) is 4.13. The summed E-state index contributed by atoms with van der Waals surface area (Å²) in [5.41, 5.74) is 3.40. The molecule has 1 unspecified atom stereocenters. The third-order valence-electron chi connectivity index (χ3n) is 3.29. The van der Waals surface area contributed by atoms with Gasteiger partial charge in [0.05, 0.1) is 0 Å². The number of carbonyl (C=O) groups is 1. The fraction of sp³-hybridized carbons (Fsp3) is 0.200. The first kappa shape index (κ1) is 10.2. The van der Waals surface area contributed by atoms with Gasteiger partial charge in [-0.1, -0.05) is 30.3 Å². The number of Topliss-reactive ketones (excluding diaryl/α,β-unsaturated/α-hetero) is 1. The lowest BCUT2D eigenvalue weighted by Gasteiger charge is -2.24.